The lowest BCUT2D eigenvalue weighted by atomic mass is 9.96. The Kier molecular flexibility index (Phi) is 6.31. The quantitative estimate of drug-likeness (QED) is 0.650. The summed E-state index contributed by atoms with van der Waals surface area (Å²) in [5.74, 6) is -0.180. The Morgan fingerprint density at radius 1 is 1.03 bits per heavy atom. The molecule has 1 heterocycles. The SMILES string of the molecule is O=C(COc1ccc2c(=O)c(-c3ccccc3)coc2c1)NC(=O)NC1CCCCC1. The van der Waals surface area contributed by atoms with Crippen molar-refractivity contribution in [2.24, 2.45) is 0 Å². The second-order valence-electron chi connectivity index (χ2n) is 7.65. The summed E-state index contributed by atoms with van der Waals surface area (Å²) in [6, 6.07) is 13.7. The van der Waals surface area contributed by atoms with Gasteiger partial charge in [-0.05, 0) is 30.5 Å². The molecule has 31 heavy (non-hydrogen) atoms. The van der Waals surface area contributed by atoms with Gasteiger partial charge in [0.2, 0.25) is 0 Å². The molecule has 0 radical (unpaired) electrons. The summed E-state index contributed by atoms with van der Waals surface area (Å²) in [5, 5.41) is 5.52. The Labute approximate surface area is 179 Å². The van der Waals surface area contributed by atoms with Crippen molar-refractivity contribution in [1.82, 2.24) is 10.6 Å². The van der Waals surface area contributed by atoms with E-state index in [1.165, 1.54) is 12.7 Å². The molecule has 0 bridgehead atoms. The van der Waals surface area contributed by atoms with Crippen molar-refractivity contribution in [1.29, 1.82) is 0 Å². The number of hydrogen-bond donors (Lipinski definition) is 2. The highest BCUT2D eigenvalue weighted by Crippen LogP contribution is 2.23. The number of rotatable bonds is 5. The summed E-state index contributed by atoms with van der Waals surface area (Å²) in [6.45, 7) is -0.323. The maximum absolute atomic E-state index is 12.8. The fourth-order valence-corrected chi connectivity index (χ4v) is 3.80. The van der Waals surface area contributed by atoms with Gasteiger partial charge in [-0.2, -0.15) is 0 Å². The predicted octanol–water partition coefficient (Wildman–Crippen LogP) is 4.00. The van der Waals surface area contributed by atoms with Gasteiger partial charge < -0.3 is 14.5 Å². The summed E-state index contributed by atoms with van der Waals surface area (Å²) in [6.07, 6.45) is 6.66. The van der Waals surface area contributed by atoms with Gasteiger partial charge in [-0.1, -0.05) is 49.6 Å². The Morgan fingerprint density at radius 2 is 1.81 bits per heavy atom. The van der Waals surface area contributed by atoms with Crippen LogP contribution in [0.1, 0.15) is 32.1 Å². The van der Waals surface area contributed by atoms with Crippen LogP contribution in [-0.4, -0.2) is 24.6 Å². The van der Waals surface area contributed by atoms with Crippen LogP contribution in [0.3, 0.4) is 0 Å². The molecule has 3 amide bonds. The van der Waals surface area contributed by atoms with E-state index in [2.05, 4.69) is 10.6 Å². The van der Waals surface area contributed by atoms with Gasteiger partial charge in [-0.25, -0.2) is 4.79 Å². The topological polar surface area (TPSA) is 97.6 Å². The lowest BCUT2D eigenvalue weighted by Gasteiger charge is -2.22. The zero-order valence-corrected chi connectivity index (χ0v) is 17.1. The van der Waals surface area contributed by atoms with E-state index in [1.807, 2.05) is 30.3 Å². The molecule has 7 heteroatoms. The van der Waals surface area contributed by atoms with Crippen molar-refractivity contribution in [3.8, 4) is 16.9 Å². The van der Waals surface area contributed by atoms with Gasteiger partial charge in [0.1, 0.15) is 17.6 Å². The van der Waals surface area contributed by atoms with Crippen LogP contribution in [0.2, 0.25) is 0 Å². The minimum atomic E-state index is -0.547. The van der Waals surface area contributed by atoms with Gasteiger partial charge in [-0.3, -0.25) is 14.9 Å². The van der Waals surface area contributed by atoms with Gasteiger partial charge in [0.05, 0.1) is 10.9 Å². The Bertz CT molecular complexity index is 1130. The Balaban J connectivity index is 1.37. The zero-order valence-electron chi connectivity index (χ0n) is 17.1. The number of ether oxygens (including phenoxy) is 1. The molecule has 3 aromatic rings. The van der Waals surface area contributed by atoms with E-state index in [1.54, 1.807) is 18.2 Å². The second-order valence-corrected chi connectivity index (χ2v) is 7.65. The van der Waals surface area contributed by atoms with Crippen LogP contribution >= 0.6 is 0 Å². The number of imide groups is 1. The molecule has 0 atom stereocenters. The second kappa shape index (κ2) is 9.47. The van der Waals surface area contributed by atoms with Crippen LogP contribution in [0, 0.1) is 0 Å². The predicted molar refractivity (Wildman–Crippen MR) is 117 cm³/mol. The third kappa shape index (κ3) is 5.12. The van der Waals surface area contributed by atoms with E-state index >= 15 is 0 Å². The van der Waals surface area contributed by atoms with Crippen LogP contribution in [-0.2, 0) is 4.79 Å². The number of carbonyl (C=O) groups excluding carboxylic acids is 2. The molecule has 4 rings (SSSR count). The van der Waals surface area contributed by atoms with Crippen molar-refractivity contribution >= 4 is 22.9 Å². The van der Waals surface area contributed by atoms with Crippen molar-refractivity contribution in [3.63, 3.8) is 0 Å². The lowest BCUT2D eigenvalue weighted by molar-refractivity contribution is -0.122. The molecule has 0 spiro atoms. The number of urea groups is 1. The molecule has 160 valence electrons. The summed E-state index contributed by atoms with van der Waals surface area (Å²) < 4.78 is 11.1. The van der Waals surface area contributed by atoms with Gasteiger partial charge in [0.15, 0.2) is 12.0 Å². The molecule has 0 saturated heterocycles. The summed E-state index contributed by atoms with van der Waals surface area (Å²) in [4.78, 5) is 36.7. The number of benzene rings is 2. The smallest absolute Gasteiger partial charge is 0.321 e. The third-order valence-corrected chi connectivity index (χ3v) is 5.39. The molecule has 1 aliphatic carbocycles. The number of nitrogens with one attached hydrogen (secondary N) is 2. The van der Waals surface area contributed by atoms with Crippen molar-refractivity contribution < 1.29 is 18.7 Å². The molecular formula is C24H24N2O5. The first-order valence-electron chi connectivity index (χ1n) is 10.4. The molecule has 1 aliphatic rings. The highest BCUT2D eigenvalue weighted by molar-refractivity contribution is 5.95. The first-order valence-corrected chi connectivity index (χ1v) is 10.4. The number of hydrogen-bond acceptors (Lipinski definition) is 5. The number of carbonyl (C=O) groups is 2. The van der Waals surface area contributed by atoms with Crippen LogP contribution < -0.4 is 20.8 Å². The molecule has 1 aromatic heterocycles. The Morgan fingerprint density at radius 3 is 2.58 bits per heavy atom. The molecule has 7 nitrogen and oxygen atoms in total. The van der Waals surface area contributed by atoms with Gasteiger partial charge in [0, 0.05) is 12.1 Å². The maximum Gasteiger partial charge on any atom is 0.321 e. The highest BCUT2D eigenvalue weighted by atomic mass is 16.5. The summed E-state index contributed by atoms with van der Waals surface area (Å²) in [7, 11) is 0. The number of fused-ring (bicyclic) bond motifs is 1. The minimum Gasteiger partial charge on any atom is -0.484 e. The summed E-state index contributed by atoms with van der Waals surface area (Å²) in [5.41, 5.74) is 1.47. The van der Waals surface area contributed by atoms with E-state index in [4.69, 9.17) is 9.15 Å². The molecule has 1 saturated carbocycles. The van der Waals surface area contributed by atoms with Crippen molar-refractivity contribution in [2.75, 3.05) is 6.61 Å². The molecule has 0 aliphatic heterocycles. The highest BCUT2D eigenvalue weighted by Gasteiger charge is 2.17. The monoisotopic (exact) mass is 420 g/mol. The third-order valence-electron chi connectivity index (χ3n) is 5.39. The normalized spacial score (nSPS) is 14.2. The van der Waals surface area contributed by atoms with Gasteiger partial charge in [-0.15, -0.1) is 0 Å². The molecule has 0 unspecified atom stereocenters. The van der Waals surface area contributed by atoms with Gasteiger partial charge in [0.25, 0.3) is 5.91 Å². The van der Waals surface area contributed by atoms with Crippen LogP contribution in [0.25, 0.3) is 22.1 Å². The van der Waals surface area contributed by atoms with E-state index < -0.39 is 11.9 Å². The number of amides is 3. The lowest BCUT2D eigenvalue weighted by Crippen LogP contribution is -2.46. The molecule has 1 fully saturated rings. The van der Waals surface area contributed by atoms with Crippen LogP contribution in [0.5, 0.6) is 5.75 Å². The van der Waals surface area contributed by atoms with Crippen molar-refractivity contribution in [3.05, 3.63) is 65.0 Å². The zero-order chi connectivity index (χ0) is 21.6. The van der Waals surface area contributed by atoms with Crippen molar-refractivity contribution in [2.45, 2.75) is 38.1 Å². The van der Waals surface area contributed by atoms with Gasteiger partial charge >= 0.3 is 6.03 Å². The van der Waals surface area contributed by atoms with E-state index in [0.717, 1.165) is 31.2 Å². The molecule has 2 aromatic carbocycles. The van der Waals surface area contributed by atoms with Crippen LogP contribution in [0.4, 0.5) is 4.79 Å². The average Bonchev–Trinajstić information content (AvgIpc) is 2.79. The van der Waals surface area contributed by atoms with E-state index in [-0.39, 0.29) is 18.1 Å². The van der Waals surface area contributed by atoms with Crippen LogP contribution in [0.15, 0.2) is 64.0 Å². The first kappa shape index (κ1) is 20.7. The molecular weight excluding hydrogens is 396 g/mol. The minimum absolute atomic E-state index is 0.117. The first-order chi connectivity index (χ1) is 15.1. The Hall–Kier alpha value is -3.61. The fraction of sp³-hybridized carbons (Fsp3) is 0.292. The molecule has 2 N–H and O–H groups in total. The maximum atomic E-state index is 12.8. The summed E-state index contributed by atoms with van der Waals surface area (Å²) >= 11 is 0. The van der Waals surface area contributed by atoms with E-state index in [9.17, 15) is 14.4 Å². The average molecular weight is 420 g/mol. The standard InChI is InChI=1S/C24H24N2O5/c27-22(26-24(29)25-17-9-5-2-6-10-17)15-30-18-11-12-19-21(13-18)31-14-20(23(19)28)16-7-3-1-4-8-16/h1,3-4,7-8,11-14,17H,2,5-6,9-10,15H2,(H2,25,26,27,29). The van der Waals surface area contributed by atoms with E-state index in [0.29, 0.717) is 22.3 Å². The largest absolute Gasteiger partial charge is 0.484 e. The fourth-order valence-electron chi connectivity index (χ4n) is 3.80.